The summed E-state index contributed by atoms with van der Waals surface area (Å²) in [4.78, 5) is 13.2. The van der Waals surface area contributed by atoms with Crippen LogP contribution in [0.5, 0.6) is 0 Å². The maximum Gasteiger partial charge on any atom is 0.427 e. The molecule has 0 radical (unpaired) electrons. The van der Waals surface area contributed by atoms with Gasteiger partial charge in [-0.3, -0.25) is 0 Å². The number of rotatable bonds is 4. The van der Waals surface area contributed by atoms with Gasteiger partial charge >= 0.3 is 12.3 Å². The van der Waals surface area contributed by atoms with E-state index in [9.17, 15) is 22.4 Å². The van der Waals surface area contributed by atoms with Gasteiger partial charge in [-0.15, -0.1) is 0 Å². The predicted octanol–water partition coefficient (Wildman–Crippen LogP) is 2.72. The summed E-state index contributed by atoms with van der Waals surface area (Å²) >= 11 is 0. The number of fused-ring (bicyclic) bond motifs is 1. The van der Waals surface area contributed by atoms with Crippen LogP contribution in [-0.4, -0.2) is 57.9 Å². The summed E-state index contributed by atoms with van der Waals surface area (Å²) in [5.41, 5.74) is 1.54. The zero-order valence-electron chi connectivity index (χ0n) is 14.5. The fraction of sp³-hybridized carbons (Fsp3) is 0.444. The van der Waals surface area contributed by atoms with Gasteiger partial charge in [0.25, 0.3) is 0 Å². The van der Waals surface area contributed by atoms with Crippen molar-refractivity contribution < 1.29 is 32.2 Å². The van der Waals surface area contributed by atoms with E-state index in [0.717, 1.165) is 5.69 Å². The number of aliphatic hydroxyl groups excluding tert-OH is 1. The molecule has 2 fully saturated rings. The number of hydrogen-bond donors (Lipinski definition) is 1. The van der Waals surface area contributed by atoms with Crippen molar-refractivity contribution in [2.75, 3.05) is 19.7 Å². The number of aliphatic hydroxyl groups is 1. The van der Waals surface area contributed by atoms with Gasteiger partial charge < -0.3 is 14.7 Å². The Morgan fingerprint density at radius 3 is 2.43 bits per heavy atom. The van der Waals surface area contributed by atoms with Crippen molar-refractivity contribution in [1.82, 2.24) is 14.7 Å². The number of amides is 1. The average Bonchev–Trinajstić information content (AvgIpc) is 3.04. The first kappa shape index (κ1) is 18.7. The highest BCUT2D eigenvalue weighted by atomic mass is 19.4. The van der Waals surface area contributed by atoms with Crippen LogP contribution in [0.25, 0.3) is 5.69 Å². The molecule has 0 bridgehead atoms. The summed E-state index contributed by atoms with van der Waals surface area (Å²) in [5, 5.41) is 13.3. The van der Waals surface area contributed by atoms with Crippen LogP contribution >= 0.6 is 0 Å². The second-order valence-corrected chi connectivity index (χ2v) is 7.02. The van der Waals surface area contributed by atoms with Crippen molar-refractivity contribution in [2.45, 2.75) is 18.2 Å². The van der Waals surface area contributed by atoms with E-state index in [1.54, 1.807) is 23.0 Å². The fourth-order valence-corrected chi connectivity index (χ4v) is 3.77. The van der Waals surface area contributed by atoms with Gasteiger partial charge in [0.15, 0.2) is 0 Å². The Hall–Kier alpha value is -2.62. The maximum atomic E-state index is 13.0. The molecule has 28 heavy (non-hydrogen) atoms. The van der Waals surface area contributed by atoms with Crippen molar-refractivity contribution in [1.29, 1.82) is 0 Å². The topological polar surface area (TPSA) is 67.6 Å². The van der Waals surface area contributed by atoms with Gasteiger partial charge in [-0.1, -0.05) is 0 Å². The lowest BCUT2D eigenvalue weighted by atomic mass is 10.2. The molecule has 10 heteroatoms. The van der Waals surface area contributed by atoms with Crippen molar-refractivity contribution in [3.63, 3.8) is 0 Å². The lowest BCUT2D eigenvalue weighted by Gasteiger charge is -2.24. The van der Waals surface area contributed by atoms with Gasteiger partial charge in [0, 0.05) is 25.2 Å². The normalized spacial score (nSPS) is 24.8. The average molecular weight is 399 g/mol. The molecule has 1 aromatic carbocycles. The van der Waals surface area contributed by atoms with E-state index in [1.165, 1.54) is 17.0 Å². The number of ether oxygens (including phenoxy) is 1. The first-order valence-electron chi connectivity index (χ1n) is 8.72. The number of alkyl halides is 3. The molecule has 1 saturated heterocycles. The molecule has 1 saturated carbocycles. The Morgan fingerprint density at radius 2 is 1.86 bits per heavy atom. The maximum absolute atomic E-state index is 13.0. The van der Waals surface area contributed by atoms with Gasteiger partial charge in [-0.2, -0.15) is 18.3 Å². The number of likely N-dealkylation sites (tertiary alicyclic amines) is 1. The molecule has 0 unspecified atom stereocenters. The van der Waals surface area contributed by atoms with Crippen LogP contribution in [0.15, 0.2) is 36.5 Å². The van der Waals surface area contributed by atoms with Crippen LogP contribution in [0.1, 0.15) is 11.6 Å². The third-order valence-electron chi connectivity index (χ3n) is 5.27. The third-order valence-corrected chi connectivity index (χ3v) is 5.27. The van der Waals surface area contributed by atoms with E-state index in [1.807, 2.05) is 6.07 Å². The summed E-state index contributed by atoms with van der Waals surface area (Å²) in [6.45, 7) is -0.736. The second-order valence-electron chi connectivity index (χ2n) is 7.02. The van der Waals surface area contributed by atoms with E-state index >= 15 is 0 Å². The van der Waals surface area contributed by atoms with Crippen LogP contribution in [0.3, 0.4) is 0 Å². The molecule has 0 spiro atoms. The molecule has 1 N–H and O–H groups in total. The lowest BCUT2D eigenvalue weighted by molar-refractivity contribution is -0.214. The van der Waals surface area contributed by atoms with E-state index in [2.05, 4.69) is 9.84 Å². The zero-order valence-corrected chi connectivity index (χ0v) is 14.5. The highest BCUT2D eigenvalue weighted by Crippen LogP contribution is 2.57. The summed E-state index contributed by atoms with van der Waals surface area (Å²) in [5.74, 6) is 0.0148. The van der Waals surface area contributed by atoms with Crippen LogP contribution < -0.4 is 0 Å². The minimum Gasteiger partial charge on any atom is -0.434 e. The molecule has 1 aromatic heterocycles. The van der Waals surface area contributed by atoms with Crippen molar-refractivity contribution in [3.05, 3.63) is 48.0 Å². The van der Waals surface area contributed by atoms with E-state index in [-0.39, 0.29) is 36.7 Å². The molecule has 6 nitrogen and oxygen atoms in total. The monoisotopic (exact) mass is 399 g/mol. The number of aromatic nitrogens is 2. The second kappa shape index (κ2) is 6.77. The Labute approximate surface area is 157 Å². The van der Waals surface area contributed by atoms with Gasteiger partial charge in [0.2, 0.25) is 6.10 Å². The van der Waals surface area contributed by atoms with E-state index in [0.29, 0.717) is 5.69 Å². The summed E-state index contributed by atoms with van der Waals surface area (Å²) in [6.07, 6.45) is -6.63. The third kappa shape index (κ3) is 3.44. The van der Waals surface area contributed by atoms with Gasteiger partial charge in [0.1, 0.15) is 5.82 Å². The minimum atomic E-state index is -4.80. The Balaban J connectivity index is 1.35. The summed E-state index contributed by atoms with van der Waals surface area (Å²) in [7, 11) is 0. The minimum absolute atomic E-state index is 0.114. The molecule has 4 atom stereocenters. The standard InChI is InChI=1S/C18H17F4N3O3/c19-10-1-3-11(4-2-10)25-6-5-14(23-25)16-12-7-24(8-13(12)16)17(27)28-15(9-26)18(20,21)22/h1-6,12-13,15-16,26H,7-9H2/t12-,13+,15-,16+/m1/s1. The first-order valence-corrected chi connectivity index (χ1v) is 8.72. The number of hydrogen-bond acceptors (Lipinski definition) is 4. The molecule has 2 aliphatic rings. The number of carbonyl (C=O) groups is 1. The number of carbonyl (C=O) groups excluding carboxylic acids is 1. The van der Waals surface area contributed by atoms with E-state index in [4.69, 9.17) is 5.11 Å². The molecule has 2 heterocycles. The Bertz CT molecular complexity index is 856. The molecule has 1 aliphatic heterocycles. The number of halogens is 4. The summed E-state index contributed by atoms with van der Waals surface area (Å²) < 4.78 is 56.9. The molecule has 2 aromatic rings. The van der Waals surface area contributed by atoms with Gasteiger partial charge in [0.05, 0.1) is 18.0 Å². The molecular formula is C18H17F4N3O3. The van der Waals surface area contributed by atoms with Crippen molar-refractivity contribution in [2.24, 2.45) is 11.8 Å². The highest BCUT2D eigenvalue weighted by molar-refractivity contribution is 5.69. The SMILES string of the molecule is O=C(O[C@H](CO)C(F)(F)F)N1C[C@@H]2[C@H](C1)[C@H]2c1ccn(-c2ccc(F)cc2)n1. The van der Waals surface area contributed by atoms with Crippen LogP contribution in [0.4, 0.5) is 22.4 Å². The van der Waals surface area contributed by atoms with Crippen molar-refractivity contribution in [3.8, 4) is 5.69 Å². The zero-order chi connectivity index (χ0) is 20.1. The summed E-state index contributed by atoms with van der Waals surface area (Å²) in [6, 6.07) is 7.74. The Kier molecular flexibility index (Phi) is 4.53. The fourth-order valence-electron chi connectivity index (χ4n) is 3.77. The van der Waals surface area contributed by atoms with Crippen LogP contribution in [-0.2, 0) is 4.74 Å². The lowest BCUT2D eigenvalue weighted by Crippen LogP contribution is -2.42. The van der Waals surface area contributed by atoms with Gasteiger partial charge in [-0.05, 0) is 42.2 Å². The molecule has 150 valence electrons. The number of benzene rings is 1. The first-order chi connectivity index (χ1) is 13.3. The molecule has 1 aliphatic carbocycles. The van der Waals surface area contributed by atoms with Crippen LogP contribution in [0.2, 0.25) is 0 Å². The predicted molar refractivity (Wildman–Crippen MR) is 88.2 cm³/mol. The smallest absolute Gasteiger partial charge is 0.427 e. The number of piperidine rings is 1. The highest BCUT2D eigenvalue weighted by Gasteiger charge is 2.59. The van der Waals surface area contributed by atoms with Crippen molar-refractivity contribution >= 4 is 6.09 Å². The number of nitrogens with zero attached hydrogens (tertiary/aromatic N) is 3. The van der Waals surface area contributed by atoms with E-state index < -0.39 is 25.0 Å². The van der Waals surface area contributed by atoms with Gasteiger partial charge in [-0.25, -0.2) is 13.9 Å². The molecular weight excluding hydrogens is 382 g/mol. The van der Waals surface area contributed by atoms with Crippen LogP contribution in [0, 0.1) is 17.7 Å². The Morgan fingerprint density at radius 1 is 1.21 bits per heavy atom. The quantitative estimate of drug-likeness (QED) is 0.803. The molecule has 1 amide bonds. The molecule has 4 rings (SSSR count). The largest absolute Gasteiger partial charge is 0.434 e.